The number of aromatic nitrogens is 1. The number of hydrogen-bond acceptors (Lipinski definition) is 4. The van der Waals surface area contributed by atoms with Gasteiger partial charge in [-0.25, -0.2) is 4.98 Å². The van der Waals surface area contributed by atoms with E-state index in [2.05, 4.69) is 25.9 Å². The first-order chi connectivity index (χ1) is 9.52. The Morgan fingerprint density at radius 3 is 2.75 bits per heavy atom. The second kappa shape index (κ2) is 5.92. The SMILES string of the molecule is CN=Cc1ccc(-c2ncc(Br)cc2[N+](=O)[O-])cc1C. The number of aryl methyl sites for hydroxylation is 1. The normalized spacial score (nSPS) is 10.9. The van der Waals surface area contributed by atoms with Crippen molar-refractivity contribution >= 4 is 27.8 Å². The molecular formula is C14H12BrN3O2. The molecule has 0 amide bonds. The van der Waals surface area contributed by atoms with E-state index in [4.69, 9.17) is 0 Å². The van der Waals surface area contributed by atoms with Gasteiger partial charge in [-0.1, -0.05) is 12.1 Å². The molecule has 0 aliphatic heterocycles. The van der Waals surface area contributed by atoms with Crippen molar-refractivity contribution in [1.29, 1.82) is 0 Å². The largest absolute Gasteiger partial charge is 0.296 e. The van der Waals surface area contributed by atoms with Gasteiger partial charge in [0.25, 0.3) is 5.69 Å². The fourth-order valence-corrected chi connectivity index (χ4v) is 2.22. The van der Waals surface area contributed by atoms with E-state index in [-0.39, 0.29) is 5.69 Å². The lowest BCUT2D eigenvalue weighted by molar-refractivity contribution is -0.384. The molecule has 0 N–H and O–H groups in total. The summed E-state index contributed by atoms with van der Waals surface area (Å²) in [6.07, 6.45) is 3.31. The van der Waals surface area contributed by atoms with Crippen molar-refractivity contribution < 1.29 is 4.92 Å². The lowest BCUT2D eigenvalue weighted by Gasteiger charge is -2.06. The highest BCUT2D eigenvalue weighted by Crippen LogP contribution is 2.30. The third-order valence-corrected chi connectivity index (χ3v) is 3.28. The van der Waals surface area contributed by atoms with Gasteiger partial charge in [0.1, 0.15) is 5.69 Å². The predicted molar refractivity (Wildman–Crippen MR) is 82.3 cm³/mol. The summed E-state index contributed by atoms with van der Waals surface area (Å²) in [6.45, 7) is 1.94. The molecular weight excluding hydrogens is 322 g/mol. The van der Waals surface area contributed by atoms with Gasteiger partial charge >= 0.3 is 0 Å². The van der Waals surface area contributed by atoms with Crippen LogP contribution in [0.3, 0.4) is 0 Å². The zero-order valence-electron chi connectivity index (χ0n) is 11.0. The standard InChI is InChI=1S/C14H12BrN3O2/c1-9-5-10(3-4-11(9)7-16-2)14-13(18(19)20)6-12(15)8-17-14/h3-8H,1-2H3. The van der Waals surface area contributed by atoms with Gasteiger partial charge in [0.2, 0.25) is 0 Å². The molecule has 0 atom stereocenters. The van der Waals surface area contributed by atoms with Gasteiger partial charge < -0.3 is 0 Å². The number of halogens is 1. The molecule has 6 heteroatoms. The average Bonchev–Trinajstić information content (AvgIpc) is 2.41. The number of nitrogens with zero attached hydrogens (tertiary/aromatic N) is 3. The minimum Gasteiger partial charge on any atom is -0.296 e. The van der Waals surface area contributed by atoms with Crippen LogP contribution in [0.2, 0.25) is 0 Å². The Morgan fingerprint density at radius 2 is 2.15 bits per heavy atom. The molecule has 1 aromatic heterocycles. The second-order valence-corrected chi connectivity index (χ2v) is 5.15. The predicted octanol–water partition coefficient (Wildman–Crippen LogP) is 3.78. The van der Waals surface area contributed by atoms with E-state index in [1.54, 1.807) is 19.5 Å². The molecule has 5 nitrogen and oxygen atoms in total. The molecule has 1 heterocycles. The van der Waals surface area contributed by atoms with Crippen LogP contribution in [-0.2, 0) is 0 Å². The van der Waals surface area contributed by atoms with Crippen molar-refractivity contribution in [2.24, 2.45) is 4.99 Å². The molecule has 0 spiro atoms. The molecule has 0 unspecified atom stereocenters. The third-order valence-electron chi connectivity index (χ3n) is 2.84. The van der Waals surface area contributed by atoms with Gasteiger partial charge in [-0.05, 0) is 40.0 Å². The molecule has 0 aliphatic carbocycles. The van der Waals surface area contributed by atoms with Gasteiger partial charge in [-0.15, -0.1) is 0 Å². The lowest BCUT2D eigenvalue weighted by atomic mass is 10.0. The number of rotatable bonds is 3. The van der Waals surface area contributed by atoms with Crippen LogP contribution in [0, 0.1) is 17.0 Å². The molecule has 20 heavy (non-hydrogen) atoms. The molecule has 0 aliphatic rings. The van der Waals surface area contributed by atoms with Crippen LogP contribution in [0.1, 0.15) is 11.1 Å². The minimum absolute atomic E-state index is 0.0179. The summed E-state index contributed by atoms with van der Waals surface area (Å²) in [5.74, 6) is 0. The Kier molecular flexibility index (Phi) is 4.24. The van der Waals surface area contributed by atoms with E-state index in [1.807, 2.05) is 25.1 Å². The lowest BCUT2D eigenvalue weighted by Crippen LogP contribution is -1.96. The highest BCUT2D eigenvalue weighted by molar-refractivity contribution is 9.10. The van der Waals surface area contributed by atoms with Gasteiger partial charge in [-0.3, -0.25) is 15.1 Å². The van der Waals surface area contributed by atoms with Crippen LogP contribution in [-0.4, -0.2) is 23.2 Å². The van der Waals surface area contributed by atoms with Crippen molar-refractivity contribution in [2.45, 2.75) is 6.92 Å². The third kappa shape index (κ3) is 2.91. The highest BCUT2D eigenvalue weighted by Gasteiger charge is 2.17. The van der Waals surface area contributed by atoms with E-state index in [0.717, 1.165) is 16.7 Å². The topological polar surface area (TPSA) is 68.4 Å². The maximum atomic E-state index is 11.1. The van der Waals surface area contributed by atoms with Crippen molar-refractivity contribution in [1.82, 2.24) is 4.98 Å². The molecule has 0 radical (unpaired) electrons. The van der Waals surface area contributed by atoms with Crippen LogP contribution >= 0.6 is 15.9 Å². The molecule has 102 valence electrons. The Balaban J connectivity index is 2.57. The Labute approximate surface area is 124 Å². The van der Waals surface area contributed by atoms with Gasteiger partial charge in [0.15, 0.2) is 0 Å². The summed E-state index contributed by atoms with van der Waals surface area (Å²) < 4.78 is 0.583. The molecule has 1 aromatic carbocycles. The molecule has 2 aromatic rings. The summed E-state index contributed by atoms with van der Waals surface area (Å²) in [4.78, 5) is 18.8. The van der Waals surface area contributed by atoms with Gasteiger partial charge in [-0.2, -0.15) is 0 Å². The van der Waals surface area contributed by atoms with Crippen molar-refractivity contribution in [3.63, 3.8) is 0 Å². The first-order valence-corrected chi connectivity index (χ1v) is 6.65. The average molecular weight is 334 g/mol. The number of aliphatic imine (C=N–C) groups is 1. The zero-order chi connectivity index (χ0) is 14.7. The molecule has 2 rings (SSSR count). The van der Waals surface area contributed by atoms with E-state index >= 15 is 0 Å². The molecule has 0 saturated heterocycles. The Bertz CT molecular complexity index is 699. The number of nitro groups is 1. The Morgan fingerprint density at radius 1 is 1.40 bits per heavy atom. The number of hydrogen-bond donors (Lipinski definition) is 0. The van der Waals surface area contributed by atoms with Crippen molar-refractivity contribution in [3.8, 4) is 11.3 Å². The molecule has 0 saturated carbocycles. The quantitative estimate of drug-likeness (QED) is 0.487. The maximum Gasteiger partial charge on any atom is 0.296 e. The number of benzene rings is 1. The van der Waals surface area contributed by atoms with E-state index in [9.17, 15) is 10.1 Å². The van der Waals surface area contributed by atoms with Gasteiger partial charge in [0, 0.05) is 35.6 Å². The second-order valence-electron chi connectivity index (χ2n) is 4.24. The smallest absolute Gasteiger partial charge is 0.296 e. The summed E-state index contributed by atoms with van der Waals surface area (Å²) in [5.41, 5.74) is 3.04. The van der Waals surface area contributed by atoms with Crippen LogP contribution in [0.15, 0.2) is 39.9 Å². The summed E-state index contributed by atoms with van der Waals surface area (Å²) >= 11 is 3.20. The minimum atomic E-state index is -0.427. The first-order valence-electron chi connectivity index (χ1n) is 5.86. The summed E-state index contributed by atoms with van der Waals surface area (Å²) in [7, 11) is 1.70. The van der Waals surface area contributed by atoms with Crippen LogP contribution in [0.25, 0.3) is 11.3 Å². The van der Waals surface area contributed by atoms with Crippen molar-refractivity contribution in [2.75, 3.05) is 7.05 Å². The highest BCUT2D eigenvalue weighted by atomic mass is 79.9. The van der Waals surface area contributed by atoms with Crippen LogP contribution in [0.5, 0.6) is 0 Å². The Hall–Kier alpha value is -2.08. The van der Waals surface area contributed by atoms with E-state index in [0.29, 0.717) is 10.2 Å². The zero-order valence-corrected chi connectivity index (χ0v) is 12.6. The van der Waals surface area contributed by atoms with Gasteiger partial charge in [0.05, 0.1) is 4.92 Å². The first kappa shape index (κ1) is 14.3. The number of pyridine rings is 1. The molecule has 0 bridgehead atoms. The van der Waals surface area contributed by atoms with Crippen molar-refractivity contribution in [3.05, 3.63) is 56.2 Å². The monoisotopic (exact) mass is 333 g/mol. The summed E-state index contributed by atoms with van der Waals surface area (Å²) in [5, 5.41) is 11.1. The van der Waals surface area contributed by atoms with E-state index in [1.165, 1.54) is 6.07 Å². The summed E-state index contributed by atoms with van der Waals surface area (Å²) in [6, 6.07) is 7.03. The fraction of sp³-hybridized carbons (Fsp3) is 0.143. The molecule has 0 fully saturated rings. The van der Waals surface area contributed by atoms with Crippen LogP contribution < -0.4 is 0 Å². The fourth-order valence-electron chi connectivity index (χ4n) is 1.90. The maximum absolute atomic E-state index is 11.1. The van der Waals surface area contributed by atoms with Crippen LogP contribution in [0.4, 0.5) is 5.69 Å². The van der Waals surface area contributed by atoms with E-state index < -0.39 is 4.92 Å².